The number of nitrogens with zero attached hydrogens (tertiary/aromatic N) is 1. The van der Waals surface area contributed by atoms with E-state index in [9.17, 15) is 19.4 Å². The molecule has 3 N–H and O–H groups in total. The second-order valence-corrected chi connectivity index (χ2v) is 17.9. The molecule has 0 radical (unpaired) electrons. The van der Waals surface area contributed by atoms with Crippen LogP contribution in [0.4, 0.5) is 0 Å². The first-order valence-corrected chi connectivity index (χ1v) is 23.6. The molecule has 0 aromatic rings. The van der Waals surface area contributed by atoms with Crippen molar-refractivity contribution in [2.45, 2.75) is 219 Å². The van der Waals surface area contributed by atoms with Gasteiger partial charge in [0.25, 0.3) is 0 Å². The predicted molar refractivity (Wildman–Crippen MR) is 222 cm³/mol. The molecule has 0 aliphatic heterocycles. The molecule has 3 unspecified atom stereocenters. The number of nitrogens with one attached hydrogen (secondary N) is 1. The fourth-order valence-electron chi connectivity index (χ4n) is 6.45. The van der Waals surface area contributed by atoms with Crippen LogP contribution in [0.5, 0.6) is 0 Å². The van der Waals surface area contributed by atoms with E-state index in [0.717, 1.165) is 38.5 Å². The van der Waals surface area contributed by atoms with Crippen LogP contribution >= 0.6 is 7.82 Å². The van der Waals surface area contributed by atoms with E-state index in [0.29, 0.717) is 17.4 Å². The molecule has 0 aromatic carbocycles. The monoisotopic (exact) mass is 760 g/mol. The Morgan fingerprint density at radius 1 is 0.635 bits per heavy atom. The molecule has 52 heavy (non-hydrogen) atoms. The van der Waals surface area contributed by atoms with Gasteiger partial charge in [-0.3, -0.25) is 13.8 Å². The number of phosphoric acid groups is 1. The maximum absolute atomic E-state index is 12.8. The molecular formula is C43H88N2O6P+. The minimum absolute atomic E-state index is 0.0644. The molecule has 0 heterocycles. The van der Waals surface area contributed by atoms with E-state index in [-0.39, 0.29) is 19.1 Å². The third kappa shape index (κ3) is 37.6. The van der Waals surface area contributed by atoms with Crippen LogP contribution < -0.4 is 5.32 Å². The first-order valence-electron chi connectivity index (χ1n) is 22.1. The minimum Gasteiger partial charge on any atom is -0.387 e. The first kappa shape index (κ1) is 51.2. The predicted octanol–water partition coefficient (Wildman–Crippen LogP) is 12.0. The van der Waals surface area contributed by atoms with Crippen molar-refractivity contribution in [3.63, 3.8) is 0 Å². The zero-order valence-electron chi connectivity index (χ0n) is 35.1. The lowest BCUT2D eigenvalue weighted by Gasteiger charge is -2.25. The Morgan fingerprint density at radius 3 is 1.42 bits per heavy atom. The minimum atomic E-state index is -4.33. The highest BCUT2D eigenvalue weighted by atomic mass is 31.2. The van der Waals surface area contributed by atoms with Crippen LogP contribution in [0.2, 0.25) is 0 Å². The zero-order chi connectivity index (χ0) is 38.6. The SMILES string of the molecule is CCCCCCCCCCC/C=C/C(O)C(COP(=O)(O)OCC[N+](C)(C)C)NC(=O)CCCCCCCCCCCCCCCCCCCCC. The van der Waals surface area contributed by atoms with Crippen LogP contribution in [0.25, 0.3) is 0 Å². The highest BCUT2D eigenvalue weighted by molar-refractivity contribution is 7.47. The second-order valence-electron chi connectivity index (χ2n) is 16.4. The number of carbonyl (C=O) groups excluding carboxylic acids is 1. The average Bonchev–Trinajstić information content (AvgIpc) is 3.09. The van der Waals surface area contributed by atoms with Gasteiger partial charge in [-0.15, -0.1) is 0 Å². The third-order valence-corrected chi connectivity index (χ3v) is 11.0. The summed E-state index contributed by atoms with van der Waals surface area (Å²) >= 11 is 0. The lowest BCUT2D eigenvalue weighted by molar-refractivity contribution is -0.870. The van der Waals surface area contributed by atoms with Crippen molar-refractivity contribution in [3.05, 3.63) is 12.2 Å². The Kier molecular flexibility index (Phi) is 35.4. The summed E-state index contributed by atoms with van der Waals surface area (Å²) in [5, 5.41) is 13.8. The maximum Gasteiger partial charge on any atom is 0.472 e. The summed E-state index contributed by atoms with van der Waals surface area (Å²) in [5.41, 5.74) is 0. The van der Waals surface area contributed by atoms with Crippen molar-refractivity contribution < 1.29 is 32.9 Å². The second kappa shape index (κ2) is 35.9. The van der Waals surface area contributed by atoms with E-state index in [2.05, 4.69) is 19.2 Å². The van der Waals surface area contributed by atoms with Gasteiger partial charge in [0, 0.05) is 6.42 Å². The summed E-state index contributed by atoms with van der Waals surface area (Å²) in [5.74, 6) is -0.175. The number of phosphoric ester groups is 1. The number of unbranched alkanes of at least 4 members (excludes halogenated alkanes) is 27. The number of hydrogen-bond donors (Lipinski definition) is 3. The summed E-state index contributed by atoms with van der Waals surface area (Å²) < 4.78 is 23.5. The number of carbonyl (C=O) groups is 1. The quantitative estimate of drug-likeness (QED) is 0.0249. The van der Waals surface area contributed by atoms with Gasteiger partial charge in [-0.05, 0) is 19.3 Å². The van der Waals surface area contributed by atoms with Crippen molar-refractivity contribution in [1.29, 1.82) is 0 Å². The Hall–Kier alpha value is -0.760. The van der Waals surface area contributed by atoms with Crippen molar-refractivity contribution in [2.75, 3.05) is 40.9 Å². The zero-order valence-corrected chi connectivity index (χ0v) is 36.0. The van der Waals surface area contributed by atoms with E-state index in [1.165, 1.54) is 148 Å². The molecule has 0 saturated carbocycles. The average molecular weight is 760 g/mol. The summed E-state index contributed by atoms with van der Waals surface area (Å²) in [6.07, 6.45) is 39.9. The molecule has 0 aromatic heterocycles. The number of quaternary nitrogens is 1. The topological polar surface area (TPSA) is 105 Å². The number of aliphatic hydroxyl groups is 1. The molecule has 1 amide bonds. The molecule has 0 rings (SSSR count). The highest BCUT2D eigenvalue weighted by Gasteiger charge is 2.27. The molecule has 0 aliphatic carbocycles. The van der Waals surface area contributed by atoms with Crippen LogP contribution in [-0.2, 0) is 18.4 Å². The molecule has 0 fully saturated rings. The van der Waals surface area contributed by atoms with Gasteiger partial charge < -0.3 is 19.8 Å². The standard InChI is InChI=1S/C43H87N2O6P/c1-6-8-10-12-14-16-18-19-20-21-22-23-24-25-27-29-31-33-35-37-43(47)44-41(40-51-52(48,49)50-39-38-45(3,4)5)42(46)36-34-32-30-28-26-17-15-13-11-9-7-2/h34,36,41-42,46H,6-33,35,37-40H2,1-5H3,(H-,44,47,48,49)/p+1/b36-34+. The summed E-state index contributed by atoms with van der Waals surface area (Å²) in [6, 6.07) is -0.838. The van der Waals surface area contributed by atoms with Crippen LogP contribution in [0, 0.1) is 0 Å². The van der Waals surface area contributed by atoms with E-state index in [1.54, 1.807) is 6.08 Å². The lowest BCUT2D eigenvalue weighted by Crippen LogP contribution is -2.45. The number of hydrogen-bond acceptors (Lipinski definition) is 5. The van der Waals surface area contributed by atoms with Crippen molar-refractivity contribution >= 4 is 13.7 Å². The van der Waals surface area contributed by atoms with Crippen LogP contribution in [0.15, 0.2) is 12.2 Å². The van der Waals surface area contributed by atoms with E-state index < -0.39 is 20.0 Å². The summed E-state index contributed by atoms with van der Waals surface area (Å²) in [4.78, 5) is 23.1. The van der Waals surface area contributed by atoms with E-state index in [4.69, 9.17) is 9.05 Å². The molecule has 8 nitrogen and oxygen atoms in total. The molecule has 0 aliphatic rings. The third-order valence-electron chi connectivity index (χ3n) is 10.0. The van der Waals surface area contributed by atoms with Crippen LogP contribution in [0.1, 0.15) is 206 Å². The number of likely N-dealkylation sites (N-methyl/N-ethyl adjacent to an activating group) is 1. The smallest absolute Gasteiger partial charge is 0.387 e. The van der Waals surface area contributed by atoms with Gasteiger partial charge in [0.05, 0.1) is 39.9 Å². The Bertz CT molecular complexity index is 865. The fourth-order valence-corrected chi connectivity index (χ4v) is 7.19. The Morgan fingerprint density at radius 2 is 1.02 bits per heavy atom. The lowest BCUT2D eigenvalue weighted by atomic mass is 10.0. The van der Waals surface area contributed by atoms with Gasteiger partial charge in [-0.2, -0.15) is 0 Å². The molecule has 0 spiro atoms. The number of aliphatic hydroxyl groups excluding tert-OH is 1. The van der Waals surface area contributed by atoms with Gasteiger partial charge in [-0.25, -0.2) is 4.57 Å². The molecule has 9 heteroatoms. The molecule has 0 bridgehead atoms. The van der Waals surface area contributed by atoms with Gasteiger partial charge in [0.1, 0.15) is 13.2 Å². The molecule has 3 atom stereocenters. The van der Waals surface area contributed by atoms with Crippen LogP contribution in [0.3, 0.4) is 0 Å². The van der Waals surface area contributed by atoms with Crippen LogP contribution in [-0.4, -0.2) is 73.4 Å². The largest absolute Gasteiger partial charge is 0.472 e. The maximum atomic E-state index is 12.8. The van der Waals surface area contributed by atoms with Gasteiger partial charge >= 0.3 is 7.82 Å². The number of rotatable bonds is 40. The van der Waals surface area contributed by atoms with E-state index in [1.807, 2.05) is 27.2 Å². The number of amides is 1. The Balaban J connectivity index is 4.31. The fraction of sp³-hybridized carbons (Fsp3) is 0.930. The Labute approximate surface area is 322 Å². The van der Waals surface area contributed by atoms with Gasteiger partial charge in [0.2, 0.25) is 5.91 Å². The van der Waals surface area contributed by atoms with Gasteiger partial charge in [0.15, 0.2) is 0 Å². The van der Waals surface area contributed by atoms with Gasteiger partial charge in [-0.1, -0.05) is 193 Å². The van der Waals surface area contributed by atoms with Crippen molar-refractivity contribution in [1.82, 2.24) is 5.32 Å². The van der Waals surface area contributed by atoms with Crippen molar-refractivity contribution in [3.8, 4) is 0 Å². The van der Waals surface area contributed by atoms with Crippen molar-refractivity contribution in [2.24, 2.45) is 0 Å². The summed E-state index contributed by atoms with van der Waals surface area (Å²) in [6.45, 7) is 4.81. The molecule has 0 saturated heterocycles. The summed E-state index contributed by atoms with van der Waals surface area (Å²) in [7, 11) is 1.58. The molecule has 310 valence electrons. The molecular weight excluding hydrogens is 671 g/mol. The number of allylic oxidation sites excluding steroid dienone is 1. The highest BCUT2D eigenvalue weighted by Crippen LogP contribution is 2.43. The first-order chi connectivity index (χ1) is 25.0. The normalized spacial score (nSPS) is 14.5. The van der Waals surface area contributed by atoms with E-state index >= 15 is 0 Å².